The number of hydrogen-bond acceptors (Lipinski definition) is 2. The summed E-state index contributed by atoms with van der Waals surface area (Å²) in [6.45, 7) is 3.16. The summed E-state index contributed by atoms with van der Waals surface area (Å²) < 4.78 is 0. The Balaban J connectivity index is 2.09. The molecule has 1 rings (SSSR count). The van der Waals surface area contributed by atoms with E-state index in [0.29, 0.717) is 0 Å². The lowest BCUT2D eigenvalue weighted by Crippen LogP contribution is -2.33. The van der Waals surface area contributed by atoms with Crippen LogP contribution in [0.5, 0.6) is 0 Å². The van der Waals surface area contributed by atoms with E-state index in [-0.39, 0.29) is 0 Å². The topological polar surface area (TPSA) is 29.3 Å². The molecule has 0 aliphatic heterocycles. The van der Waals surface area contributed by atoms with Crippen molar-refractivity contribution in [1.82, 2.24) is 5.01 Å². The van der Waals surface area contributed by atoms with E-state index in [1.54, 1.807) is 0 Å². The van der Waals surface area contributed by atoms with Crippen LogP contribution in [0.1, 0.15) is 32.6 Å². The van der Waals surface area contributed by atoms with Gasteiger partial charge < -0.3 is 5.01 Å². The highest BCUT2D eigenvalue weighted by atomic mass is 15.4. The fourth-order valence-electron chi connectivity index (χ4n) is 1.28. The van der Waals surface area contributed by atoms with Crippen molar-refractivity contribution in [3.63, 3.8) is 0 Å². The molecule has 2 heteroatoms. The second-order valence-corrected chi connectivity index (χ2v) is 3.29. The molecule has 0 aromatic heterocycles. The monoisotopic (exact) mass is 154 g/mol. The largest absolute Gasteiger partial charge is 0.318 e. The van der Waals surface area contributed by atoms with Crippen LogP contribution >= 0.6 is 0 Å². The second kappa shape index (κ2) is 4.39. The van der Waals surface area contributed by atoms with Gasteiger partial charge in [-0.15, -0.1) is 0 Å². The number of nitrogens with two attached hydrogens (primary N) is 1. The Morgan fingerprint density at radius 3 is 2.73 bits per heavy atom. The summed E-state index contributed by atoms with van der Waals surface area (Å²) in [6.07, 6.45) is 9.28. The van der Waals surface area contributed by atoms with Crippen molar-refractivity contribution in [1.29, 1.82) is 0 Å². The third kappa shape index (κ3) is 2.93. The number of hydrazine groups is 1. The van der Waals surface area contributed by atoms with Crippen LogP contribution < -0.4 is 5.84 Å². The van der Waals surface area contributed by atoms with Gasteiger partial charge in [-0.3, -0.25) is 0 Å². The van der Waals surface area contributed by atoms with E-state index >= 15 is 0 Å². The third-order valence-electron chi connectivity index (χ3n) is 2.23. The Bertz CT molecular complexity index is 128. The Kier molecular flexibility index (Phi) is 3.43. The standard InChI is InChI=1S/C9H18N2/c1-2-3-7-11(10)8-9-5-4-6-9/h3,7,9H,2,4-6,8,10H2,1H3/b7-3+. The van der Waals surface area contributed by atoms with Crippen LogP contribution in [0.2, 0.25) is 0 Å². The van der Waals surface area contributed by atoms with Gasteiger partial charge in [-0.1, -0.05) is 19.4 Å². The molecule has 0 amide bonds. The molecule has 11 heavy (non-hydrogen) atoms. The molecule has 0 spiro atoms. The van der Waals surface area contributed by atoms with Crippen LogP contribution in [0, 0.1) is 5.92 Å². The molecule has 0 saturated heterocycles. The minimum Gasteiger partial charge on any atom is -0.318 e. The lowest BCUT2D eigenvalue weighted by molar-refractivity contribution is 0.226. The molecule has 0 radical (unpaired) electrons. The molecule has 64 valence electrons. The minimum atomic E-state index is 0.863. The van der Waals surface area contributed by atoms with Crippen molar-refractivity contribution in [2.24, 2.45) is 11.8 Å². The van der Waals surface area contributed by atoms with Crippen molar-refractivity contribution in [3.8, 4) is 0 Å². The Morgan fingerprint density at radius 2 is 2.27 bits per heavy atom. The first-order valence-corrected chi connectivity index (χ1v) is 4.51. The van der Waals surface area contributed by atoms with Crippen LogP contribution in [0.15, 0.2) is 12.3 Å². The molecule has 1 fully saturated rings. The average Bonchev–Trinajstić information content (AvgIpc) is 1.93. The molecule has 1 aliphatic rings. The van der Waals surface area contributed by atoms with E-state index in [1.807, 2.05) is 11.2 Å². The Hall–Kier alpha value is -0.500. The van der Waals surface area contributed by atoms with Gasteiger partial charge in [-0.05, 0) is 25.2 Å². The van der Waals surface area contributed by atoms with E-state index in [9.17, 15) is 0 Å². The maximum Gasteiger partial charge on any atom is 0.0363 e. The van der Waals surface area contributed by atoms with E-state index in [4.69, 9.17) is 5.84 Å². The predicted molar refractivity (Wildman–Crippen MR) is 47.7 cm³/mol. The summed E-state index contributed by atoms with van der Waals surface area (Å²) in [7, 11) is 0. The zero-order valence-electron chi connectivity index (χ0n) is 7.29. The van der Waals surface area contributed by atoms with Crippen molar-refractivity contribution >= 4 is 0 Å². The van der Waals surface area contributed by atoms with Crippen LogP contribution in [-0.4, -0.2) is 11.6 Å². The molecule has 1 aliphatic carbocycles. The number of nitrogens with zero attached hydrogens (tertiary/aromatic N) is 1. The van der Waals surface area contributed by atoms with Gasteiger partial charge in [0.1, 0.15) is 0 Å². The van der Waals surface area contributed by atoms with Crippen LogP contribution in [0.4, 0.5) is 0 Å². The molecule has 0 aromatic carbocycles. The summed E-state index contributed by atoms with van der Waals surface area (Å²) in [5, 5.41) is 1.81. The zero-order valence-corrected chi connectivity index (χ0v) is 7.29. The molecular weight excluding hydrogens is 136 g/mol. The van der Waals surface area contributed by atoms with Gasteiger partial charge in [0.2, 0.25) is 0 Å². The lowest BCUT2D eigenvalue weighted by Gasteiger charge is -2.28. The molecule has 2 nitrogen and oxygen atoms in total. The number of allylic oxidation sites excluding steroid dienone is 1. The van der Waals surface area contributed by atoms with Gasteiger partial charge in [0.25, 0.3) is 0 Å². The molecule has 0 aromatic rings. The summed E-state index contributed by atoms with van der Waals surface area (Å²) in [4.78, 5) is 0. The van der Waals surface area contributed by atoms with Gasteiger partial charge in [0, 0.05) is 12.7 Å². The maximum absolute atomic E-state index is 5.72. The van der Waals surface area contributed by atoms with Crippen LogP contribution in [0.25, 0.3) is 0 Å². The first-order chi connectivity index (χ1) is 5.33. The maximum atomic E-state index is 5.72. The van der Waals surface area contributed by atoms with Crippen molar-refractivity contribution in [3.05, 3.63) is 12.3 Å². The predicted octanol–water partition coefficient (Wildman–Crippen LogP) is 1.89. The average molecular weight is 154 g/mol. The molecule has 0 heterocycles. The first kappa shape index (κ1) is 8.60. The van der Waals surface area contributed by atoms with Gasteiger partial charge in [-0.2, -0.15) is 0 Å². The number of rotatable bonds is 4. The highest BCUT2D eigenvalue weighted by Crippen LogP contribution is 2.26. The van der Waals surface area contributed by atoms with Gasteiger partial charge in [-0.25, -0.2) is 5.84 Å². The van der Waals surface area contributed by atoms with Gasteiger partial charge in [0.05, 0.1) is 0 Å². The molecule has 0 atom stereocenters. The normalized spacial score (nSPS) is 18.7. The molecule has 0 unspecified atom stereocenters. The first-order valence-electron chi connectivity index (χ1n) is 4.51. The third-order valence-corrected chi connectivity index (χ3v) is 2.23. The molecule has 2 N–H and O–H groups in total. The van der Waals surface area contributed by atoms with Crippen molar-refractivity contribution in [2.75, 3.05) is 6.54 Å². The Morgan fingerprint density at radius 1 is 1.55 bits per heavy atom. The zero-order chi connectivity index (χ0) is 8.10. The van der Waals surface area contributed by atoms with Crippen molar-refractivity contribution in [2.45, 2.75) is 32.6 Å². The quantitative estimate of drug-likeness (QED) is 0.495. The molecular formula is C9H18N2. The smallest absolute Gasteiger partial charge is 0.0363 e. The SMILES string of the molecule is CC/C=C/N(N)CC1CCC1. The molecule has 0 bridgehead atoms. The van der Waals surface area contributed by atoms with E-state index in [1.165, 1.54) is 19.3 Å². The van der Waals surface area contributed by atoms with E-state index in [2.05, 4.69) is 13.0 Å². The minimum absolute atomic E-state index is 0.863. The van der Waals surface area contributed by atoms with Gasteiger partial charge >= 0.3 is 0 Å². The molecule has 1 saturated carbocycles. The Labute approximate surface area is 69.0 Å². The van der Waals surface area contributed by atoms with E-state index < -0.39 is 0 Å². The summed E-state index contributed by atoms with van der Waals surface area (Å²) in [5.74, 6) is 6.58. The summed E-state index contributed by atoms with van der Waals surface area (Å²) in [5.41, 5.74) is 0. The fourth-order valence-corrected chi connectivity index (χ4v) is 1.28. The highest BCUT2D eigenvalue weighted by molar-refractivity contribution is 4.81. The van der Waals surface area contributed by atoms with Crippen molar-refractivity contribution < 1.29 is 0 Å². The number of hydrogen-bond donors (Lipinski definition) is 1. The lowest BCUT2D eigenvalue weighted by atomic mass is 9.85. The second-order valence-electron chi connectivity index (χ2n) is 3.29. The van der Waals surface area contributed by atoms with Crippen LogP contribution in [0.3, 0.4) is 0 Å². The van der Waals surface area contributed by atoms with E-state index in [0.717, 1.165) is 18.9 Å². The van der Waals surface area contributed by atoms with Crippen LogP contribution in [-0.2, 0) is 0 Å². The highest BCUT2D eigenvalue weighted by Gasteiger charge is 2.17. The van der Waals surface area contributed by atoms with Gasteiger partial charge in [0.15, 0.2) is 0 Å². The fraction of sp³-hybridized carbons (Fsp3) is 0.778. The summed E-state index contributed by atoms with van der Waals surface area (Å²) >= 11 is 0. The summed E-state index contributed by atoms with van der Waals surface area (Å²) in [6, 6.07) is 0.